The molecule has 0 radical (unpaired) electrons. The van der Waals surface area contributed by atoms with Gasteiger partial charge in [-0.3, -0.25) is 4.79 Å². The van der Waals surface area contributed by atoms with Crippen LogP contribution in [0.1, 0.15) is 37.7 Å². The molecule has 104 valence electrons. The summed E-state index contributed by atoms with van der Waals surface area (Å²) in [4.78, 5) is 12.5. The van der Waals surface area contributed by atoms with Gasteiger partial charge in [0.1, 0.15) is 11.5 Å². The van der Waals surface area contributed by atoms with Crippen LogP contribution in [0.3, 0.4) is 0 Å². The monoisotopic (exact) mass is 261 g/mol. The Morgan fingerprint density at radius 1 is 1.26 bits per heavy atom. The second-order valence-corrected chi connectivity index (χ2v) is 5.36. The van der Waals surface area contributed by atoms with E-state index in [1.54, 1.807) is 7.11 Å². The molecule has 0 bridgehead atoms. The highest BCUT2D eigenvalue weighted by atomic mass is 16.5. The molecule has 0 aromatic heterocycles. The van der Waals surface area contributed by atoms with Crippen molar-refractivity contribution in [2.75, 3.05) is 7.11 Å². The van der Waals surface area contributed by atoms with Crippen LogP contribution in [0.15, 0.2) is 24.3 Å². The minimum Gasteiger partial charge on any atom is -0.496 e. The lowest BCUT2D eigenvalue weighted by Gasteiger charge is -2.20. The lowest BCUT2D eigenvalue weighted by molar-refractivity contribution is -0.123. The standard InChI is InChI=1S/C16H23NO2/c1-19-16-10-6-5-7-12(16)11-15(18)13-8-3-2-4-9-14(13)17/h5-7,10,13-14H,2-4,8-9,11,17H2,1H3. The van der Waals surface area contributed by atoms with Crippen LogP contribution in [0.2, 0.25) is 0 Å². The predicted molar refractivity (Wildman–Crippen MR) is 76.3 cm³/mol. The number of Topliss-reactive ketones (excluding diaryl/α,β-unsaturated/α-hetero) is 1. The van der Waals surface area contributed by atoms with Gasteiger partial charge in [-0.1, -0.05) is 37.5 Å². The molecule has 2 rings (SSSR count). The van der Waals surface area contributed by atoms with Crippen LogP contribution in [0.5, 0.6) is 5.75 Å². The van der Waals surface area contributed by atoms with Crippen LogP contribution in [0, 0.1) is 5.92 Å². The molecule has 3 heteroatoms. The number of methoxy groups -OCH3 is 1. The van der Waals surface area contributed by atoms with Gasteiger partial charge in [0, 0.05) is 23.9 Å². The summed E-state index contributed by atoms with van der Waals surface area (Å²) in [6, 6.07) is 7.75. The number of carbonyl (C=O) groups excluding carboxylic acids is 1. The summed E-state index contributed by atoms with van der Waals surface area (Å²) < 4.78 is 5.30. The number of ether oxygens (including phenoxy) is 1. The third-order valence-electron chi connectivity index (χ3n) is 4.04. The summed E-state index contributed by atoms with van der Waals surface area (Å²) in [5.74, 6) is 1.07. The van der Waals surface area contributed by atoms with Crippen molar-refractivity contribution >= 4 is 5.78 Å². The first kappa shape index (κ1) is 14.1. The molecule has 2 unspecified atom stereocenters. The zero-order valence-corrected chi connectivity index (χ0v) is 11.6. The van der Waals surface area contributed by atoms with Crippen LogP contribution >= 0.6 is 0 Å². The highest BCUT2D eigenvalue weighted by molar-refractivity contribution is 5.84. The van der Waals surface area contributed by atoms with E-state index in [9.17, 15) is 4.79 Å². The quantitative estimate of drug-likeness (QED) is 0.848. The molecule has 0 spiro atoms. The average molecular weight is 261 g/mol. The fourth-order valence-corrected chi connectivity index (χ4v) is 2.90. The number of carbonyl (C=O) groups is 1. The van der Waals surface area contributed by atoms with E-state index in [-0.39, 0.29) is 17.7 Å². The molecule has 1 aromatic carbocycles. The number of ketones is 1. The van der Waals surface area contributed by atoms with E-state index in [0.717, 1.165) is 37.0 Å². The molecular formula is C16H23NO2. The number of hydrogen-bond donors (Lipinski definition) is 1. The number of rotatable bonds is 4. The van der Waals surface area contributed by atoms with Crippen molar-refractivity contribution in [2.45, 2.75) is 44.6 Å². The first-order valence-electron chi connectivity index (χ1n) is 7.12. The number of hydrogen-bond acceptors (Lipinski definition) is 3. The summed E-state index contributed by atoms with van der Waals surface area (Å²) in [5.41, 5.74) is 7.12. The largest absolute Gasteiger partial charge is 0.496 e. The molecule has 0 heterocycles. The molecule has 1 fully saturated rings. The van der Waals surface area contributed by atoms with Crippen molar-refractivity contribution in [3.8, 4) is 5.75 Å². The van der Waals surface area contributed by atoms with Crippen LogP contribution in [-0.4, -0.2) is 18.9 Å². The van der Waals surface area contributed by atoms with E-state index < -0.39 is 0 Å². The Morgan fingerprint density at radius 3 is 2.79 bits per heavy atom. The smallest absolute Gasteiger partial charge is 0.142 e. The Hall–Kier alpha value is -1.35. The van der Waals surface area contributed by atoms with Crippen molar-refractivity contribution in [3.63, 3.8) is 0 Å². The molecule has 1 aliphatic rings. The van der Waals surface area contributed by atoms with Gasteiger partial charge >= 0.3 is 0 Å². The predicted octanol–water partition coefficient (Wildman–Crippen LogP) is 2.71. The van der Waals surface area contributed by atoms with E-state index in [1.807, 2.05) is 24.3 Å². The van der Waals surface area contributed by atoms with Crippen molar-refractivity contribution in [3.05, 3.63) is 29.8 Å². The third kappa shape index (κ3) is 3.57. The Bertz CT molecular complexity index is 431. The Labute approximate surface area is 115 Å². The van der Waals surface area contributed by atoms with Gasteiger partial charge in [-0.25, -0.2) is 0 Å². The van der Waals surface area contributed by atoms with E-state index in [2.05, 4.69) is 0 Å². The lowest BCUT2D eigenvalue weighted by Crippen LogP contribution is -2.35. The summed E-state index contributed by atoms with van der Waals surface area (Å²) in [6.45, 7) is 0. The van der Waals surface area contributed by atoms with Crippen molar-refractivity contribution in [2.24, 2.45) is 11.7 Å². The minimum absolute atomic E-state index is 0.0208. The molecule has 1 aliphatic carbocycles. The zero-order valence-electron chi connectivity index (χ0n) is 11.6. The van der Waals surface area contributed by atoms with Crippen LogP contribution in [0.25, 0.3) is 0 Å². The second-order valence-electron chi connectivity index (χ2n) is 5.36. The maximum Gasteiger partial charge on any atom is 0.142 e. The number of benzene rings is 1. The van der Waals surface area contributed by atoms with E-state index in [4.69, 9.17) is 10.5 Å². The summed E-state index contributed by atoms with van der Waals surface area (Å²) in [5, 5.41) is 0. The van der Waals surface area contributed by atoms with Gasteiger partial charge < -0.3 is 10.5 Å². The third-order valence-corrected chi connectivity index (χ3v) is 4.04. The molecule has 0 saturated heterocycles. The number of nitrogens with two attached hydrogens (primary N) is 1. The van der Waals surface area contributed by atoms with Gasteiger partial charge in [-0.2, -0.15) is 0 Å². The Balaban J connectivity index is 2.07. The van der Waals surface area contributed by atoms with Gasteiger partial charge in [0.15, 0.2) is 0 Å². The maximum absolute atomic E-state index is 12.5. The van der Waals surface area contributed by atoms with Gasteiger partial charge in [0.2, 0.25) is 0 Å². The molecular weight excluding hydrogens is 238 g/mol. The average Bonchev–Trinajstić information content (AvgIpc) is 2.64. The Kier molecular flexibility index (Phi) is 4.97. The molecule has 19 heavy (non-hydrogen) atoms. The summed E-state index contributed by atoms with van der Waals surface area (Å²) in [6.07, 6.45) is 5.82. The van der Waals surface area contributed by atoms with Gasteiger partial charge in [-0.05, 0) is 18.9 Å². The van der Waals surface area contributed by atoms with Crippen LogP contribution in [-0.2, 0) is 11.2 Å². The summed E-state index contributed by atoms with van der Waals surface area (Å²) in [7, 11) is 1.64. The van der Waals surface area contributed by atoms with E-state index in [0.29, 0.717) is 6.42 Å². The molecule has 0 aliphatic heterocycles. The molecule has 0 amide bonds. The van der Waals surface area contributed by atoms with Crippen LogP contribution in [0.4, 0.5) is 0 Å². The van der Waals surface area contributed by atoms with Gasteiger partial charge in [-0.15, -0.1) is 0 Å². The molecule has 2 N–H and O–H groups in total. The fraction of sp³-hybridized carbons (Fsp3) is 0.562. The minimum atomic E-state index is 0.0208. The maximum atomic E-state index is 12.5. The number of para-hydroxylation sites is 1. The summed E-state index contributed by atoms with van der Waals surface area (Å²) >= 11 is 0. The highest BCUT2D eigenvalue weighted by Gasteiger charge is 2.27. The van der Waals surface area contributed by atoms with Crippen molar-refractivity contribution < 1.29 is 9.53 Å². The molecule has 3 nitrogen and oxygen atoms in total. The van der Waals surface area contributed by atoms with Gasteiger partial charge in [0.25, 0.3) is 0 Å². The molecule has 1 saturated carbocycles. The lowest BCUT2D eigenvalue weighted by atomic mass is 9.88. The van der Waals surface area contributed by atoms with Crippen molar-refractivity contribution in [1.82, 2.24) is 0 Å². The zero-order chi connectivity index (χ0) is 13.7. The highest BCUT2D eigenvalue weighted by Crippen LogP contribution is 2.26. The normalized spacial score (nSPS) is 23.7. The SMILES string of the molecule is COc1ccccc1CC(=O)C1CCCCCC1N. The Morgan fingerprint density at radius 2 is 2.00 bits per heavy atom. The second kappa shape index (κ2) is 6.71. The first-order chi connectivity index (χ1) is 9.22. The van der Waals surface area contributed by atoms with Crippen molar-refractivity contribution in [1.29, 1.82) is 0 Å². The van der Waals surface area contributed by atoms with Gasteiger partial charge in [0.05, 0.1) is 7.11 Å². The fourth-order valence-electron chi connectivity index (χ4n) is 2.90. The van der Waals surface area contributed by atoms with E-state index in [1.165, 1.54) is 6.42 Å². The molecule has 2 atom stereocenters. The first-order valence-corrected chi connectivity index (χ1v) is 7.12. The van der Waals surface area contributed by atoms with Crippen LogP contribution < -0.4 is 10.5 Å². The molecule has 1 aromatic rings. The topological polar surface area (TPSA) is 52.3 Å². The van der Waals surface area contributed by atoms with E-state index >= 15 is 0 Å².